The molecule has 6 nitrogen and oxygen atoms in total. The van der Waals surface area contributed by atoms with Crippen LogP contribution in [-0.4, -0.2) is 34.9 Å². The summed E-state index contributed by atoms with van der Waals surface area (Å²) in [6.07, 6.45) is 0.01000. The van der Waals surface area contributed by atoms with Gasteiger partial charge >= 0.3 is 0 Å². The molecule has 2 aromatic carbocycles. The molecule has 176 valence electrons. The number of amides is 1. The molecule has 2 heterocycles. The van der Waals surface area contributed by atoms with E-state index in [0.717, 1.165) is 16.0 Å². The van der Waals surface area contributed by atoms with Gasteiger partial charge < -0.3 is 19.5 Å². The van der Waals surface area contributed by atoms with Crippen molar-refractivity contribution in [3.8, 4) is 11.5 Å². The Labute approximate surface area is 203 Å². The Balaban J connectivity index is 1.82. The monoisotopic (exact) mass is 477 g/mol. The van der Waals surface area contributed by atoms with Gasteiger partial charge in [-0.3, -0.25) is 9.59 Å². The number of aliphatic hydroxyl groups is 1. The molecule has 1 aliphatic rings. The number of hydrogen-bond acceptors (Lipinski definition) is 6. The van der Waals surface area contributed by atoms with Crippen LogP contribution in [-0.2, 0) is 16.1 Å². The molecule has 1 unspecified atom stereocenters. The number of ether oxygens (including phenoxy) is 2. The van der Waals surface area contributed by atoms with Gasteiger partial charge in [0.2, 0.25) is 0 Å². The molecule has 1 saturated heterocycles. The normalized spacial score (nSPS) is 17.4. The first-order valence-corrected chi connectivity index (χ1v) is 11.9. The number of nitrogens with zero attached hydrogens (tertiary/aromatic N) is 1. The Kier molecular flexibility index (Phi) is 6.75. The first-order valence-electron chi connectivity index (χ1n) is 11.0. The molecule has 1 aliphatic heterocycles. The van der Waals surface area contributed by atoms with Crippen molar-refractivity contribution in [2.45, 2.75) is 39.5 Å². The largest absolute Gasteiger partial charge is 0.507 e. The zero-order chi connectivity index (χ0) is 24.4. The summed E-state index contributed by atoms with van der Waals surface area (Å²) >= 11 is 1.51. The highest BCUT2D eigenvalue weighted by Crippen LogP contribution is 2.41. The van der Waals surface area contributed by atoms with E-state index >= 15 is 0 Å². The fourth-order valence-corrected chi connectivity index (χ4v) is 4.79. The van der Waals surface area contributed by atoms with E-state index in [2.05, 4.69) is 0 Å². The second kappa shape index (κ2) is 9.73. The van der Waals surface area contributed by atoms with Gasteiger partial charge in [-0.05, 0) is 73.7 Å². The minimum absolute atomic E-state index is 0.01000. The van der Waals surface area contributed by atoms with E-state index in [9.17, 15) is 14.7 Å². The van der Waals surface area contributed by atoms with E-state index in [0.29, 0.717) is 17.1 Å². The van der Waals surface area contributed by atoms with Crippen LogP contribution in [0.15, 0.2) is 65.6 Å². The number of likely N-dealkylation sites (tertiary alicyclic amines) is 1. The van der Waals surface area contributed by atoms with E-state index in [1.165, 1.54) is 16.2 Å². The lowest BCUT2D eigenvalue weighted by molar-refractivity contribution is -0.140. The van der Waals surface area contributed by atoms with Gasteiger partial charge in [-0.15, -0.1) is 11.3 Å². The number of aryl methyl sites for hydroxylation is 1. The van der Waals surface area contributed by atoms with E-state index in [1.54, 1.807) is 37.4 Å². The number of benzene rings is 2. The number of ketones is 1. The number of thiophene rings is 1. The minimum atomic E-state index is -0.722. The van der Waals surface area contributed by atoms with Gasteiger partial charge in [-0.2, -0.15) is 0 Å². The predicted octanol–water partition coefficient (Wildman–Crippen LogP) is 5.47. The van der Waals surface area contributed by atoms with Gasteiger partial charge in [-0.25, -0.2) is 0 Å². The van der Waals surface area contributed by atoms with Crippen LogP contribution in [0.3, 0.4) is 0 Å². The zero-order valence-electron chi connectivity index (χ0n) is 19.6. The number of methoxy groups -OCH3 is 1. The predicted molar refractivity (Wildman–Crippen MR) is 132 cm³/mol. The SMILES string of the molecule is COc1ccc(C2/C(=C(/O)c3ccc(OC(C)C)c(C)c3)C(=O)C(=O)N2Cc2cccs2)cc1. The van der Waals surface area contributed by atoms with Crippen LogP contribution in [0.25, 0.3) is 5.76 Å². The summed E-state index contributed by atoms with van der Waals surface area (Å²) in [6, 6.07) is 15.5. The van der Waals surface area contributed by atoms with Crippen molar-refractivity contribution in [3.63, 3.8) is 0 Å². The van der Waals surface area contributed by atoms with E-state index < -0.39 is 17.7 Å². The zero-order valence-corrected chi connectivity index (χ0v) is 20.4. The molecule has 0 aliphatic carbocycles. The van der Waals surface area contributed by atoms with Crippen molar-refractivity contribution in [1.29, 1.82) is 0 Å². The average molecular weight is 478 g/mol. The van der Waals surface area contributed by atoms with Crippen LogP contribution >= 0.6 is 11.3 Å². The maximum Gasteiger partial charge on any atom is 0.295 e. The Morgan fingerprint density at radius 1 is 1.12 bits per heavy atom. The number of carbonyl (C=O) groups is 2. The standard InChI is InChI=1S/C27H27NO5S/c1-16(2)33-22-12-9-19(14-17(22)3)25(29)23-24(18-7-10-20(32-4)11-8-18)28(27(31)26(23)30)15-21-6-5-13-34-21/h5-14,16,24,29H,15H2,1-4H3/b25-23-. The van der Waals surface area contributed by atoms with Gasteiger partial charge in [0.15, 0.2) is 0 Å². The maximum atomic E-state index is 13.2. The summed E-state index contributed by atoms with van der Waals surface area (Å²) in [5.74, 6) is -0.166. The molecule has 0 spiro atoms. The van der Waals surface area contributed by atoms with Crippen LogP contribution in [0, 0.1) is 6.92 Å². The lowest BCUT2D eigenvalue weighted by Gasteiger charge is -2.25. The second-order valence-corrected chi connectivity index (χ2v) is 9.46. The molecular formula is C27H27NO5S. The minimum Gasteiger partial charge on any atom is -0.507 e. The number of Topliss-reactive ketones (excluding diaryl/α,β-unsaturated/α-hetero) is 1. The van der Waals surface area contributed by atoms with Crippen molar-refractivity contribution in [2.24, 2.45) is 0 Å². The average Bonchev–Trinajstić information content (AvgIpc) is 3.42. The molecular weight excluding hydrogens is 450 g/mol. The van der Waals surface area contributed by atoms with Gasteiger partial charge in [0.25, 0.3) is 11.7 Å². The van der Waals surface area contributed by atoms with Crippen molar-refractivity contribution in [3.05, 3.63) is 87.1 Å². The van der Waals surface area contributed by atoms with Gasteiger partial charge in [-0.1, -0.05) is 18.2 Å². The molecule has 0 radical (unpaired) electrons. The third kappa shape index (κ3) is 4.56. The molecule has 7 heteroatoms. The second-order valence-electron chi connectivity index (χ2n) is 8.43. The van der Waals surface area contributed by atoms with E-state index in [1.807, 2.05) is 50.4 Å². The first kappa shape index (κ1) is 23.6. The highest BCUT2D eigenvalue weighted by molar-refractivity contribution is 7.09. The molecule has 3 aromatic rings. The van der Waals surface area contributed by atoms with Crippen LogP contribution in [0.1, 0.15) is 41.5 Å². The van der Waals surface area contributed by atoms with Crippen LogP contribution in [0.5, 0.6) is 11.5 Å². The maximum absolute atomic E-state index is 13.2. The topological polar surface area (TPSA) is 76.1 Å². The molecule has 1 amide bonds. The van der Waals surface area contributed by atoms with Crippen molar-refractivity contribution >= 4 is 28.8 Å². The van der Waals surface area contributed by atoms with Crippen LogP contribution in [0.4, 0.5) is 0 Å². The summed E-state index contributed by atoms with van der Waals surface area (Å²) < 4.78 is 11.1. The Morgan fingerprint density at radius 3 is 2.44 bits per heavy atom. The number of aliphatic hydroxyl groups excluding tert-OH is 1. The van der Waals surface area contributed by atoms with Crippen LogP contribution < -0.4 is 9.47 Å². The summed E-state index contributed by atoms with van der Waals surface area (Å²) in [4.78, 5) is 28.8. The quantitative estimate of drug-likeness (QED) is 0.277. The van der Waals surface area contributed by atoms with Gasteiger partial charge in [0.05, 0.1) is 31.4 Å². The lowest BCUT2D eigenvalue weighted by Crippen LogP contribution is -2.28. The van der Waals surface area contributed by atoms with Crippen molar-refractivity contribution in [2.75, 3.05) is 7.11 Å². The highest BCUT2D eigenvalue weighted by atomic mass is 32.1. The number of rotatable bonds is 7. The lowest BCUT2D eigenvalue weighted by atomic mass is 9.94. The fourth-order valence-electron chi connectivity index (χ4n) is 4.08. The molecule has 1 atom stereocenters. The van der Waals surface area contributed by atoms with E-state index in [4.69, 9.17) is 9.47 Å². The van der Waals surface area contributed by atoms with Crippen molar-refractivity contribution < 1.29 is 24.2 Å². The number of hydrogen-bond donors (Lipinski definition) is 1. The molecule has 1 aromatic heterocycles. The third-order valence-corrected chi connectivity index (χ3v) is 6.55. The van der Waals surface area contributed by atoms with Crippen LogP contribution in [0.2, 0.25) is 0 Å². The smallest absolute Gasteiger partial charge is 0.295 e. The summed E-state index contributed by atoms with van der Waals surface area (Å²) in [7, 11) is 1.58. The Bertz CT molecular complexity index is 1230. The summed E-state index contributed by atoms with van der Waals surface area (Å²) in [6.45, 7) is 6.04. The van der Waals surface area contributed by atoms with Gasteiger partial charge in [0.1, 0.15) is 17.3 Å². The Morgan fingerprint density at radius 2 is 1.85 bits per heavy atom. The van der Waals surface area contributed by atoms with Crippen molar-refractivity contribution in [1.82, 2.24) is 4.90 Å². The molecule has 0 saturated carbocycles. The third-order valence-electron chi connectivity index (χ3n) is 5.69. The molecule has 1 fully saturated rings. The van der Waals surface area contributed by atoms with E-state index in [-0.39, 0.29) is 24.0 Å². The summed E-state index contributed by atoms with van der Waals surface area (Å²) in [5, 5.41) is 13.2. The molecule has 0 bridgehead atoms. The highest BCUT2D eigenvalue weighted by Gasteiger charge is 2.46. The summed E-state index contributed by atoms with van der Waals surface area (Å²) in [5.41, 5.74) is 2.08. The molecule has 1 N–H and O–H groups in total. The van der Waals surface area contributed by atoms with Gasteiger partial charge in [0, 0.05) is 10.4 Å². The molecule has 4 rings (SSSR count). The number of carbonyl (C=O) groups excluding carboxylic acids is 2. The molecule has 34 heavy (non-hydrogen) atoms. The first-order chi connectivity index (χ1) is 16.3. The fraction of sp³-hybridized carbons (Fsp3) is 0.259. The Hall–Kier alpha value is -3.58.